The monoisotopic (exact) mass is 510 g/mol. The first-order valence-electron chi connectivity index (χ1n) is 13.4. The van der Waals surface area contributed by atoms with E-state index in [1.165, 1.54) is 24.8 Å². The van der Waals surface area contributed by atoms with Gasteiger partial charge in [0.15, 0.2) is 23.0 Å². The van der Waals surface area contributed by atoms with Crippen LogP contribution in [0.1, 0.15) is 49.7 Å². The number of hydrogen-bond donors (Lipinski definition) is 1. The first-order valence-corrected chi connectivity index (χ1v) is 13.4. The van der Waals surface area contributed by atoms with Crippen molar-refractivity contribution in [3.8, 4) is 23.0 Å². The summed E-state index contributed by atoms with van der Waals surface area (Å²) in [4.78, 5) is 15.4. The zero-order valence-electron chi connectivity index (χ0n) is 23.0. The molecular weight excluding hydrogens is 468 g/mol. The average molecular weight is 511 g/mol. The van der Waals surface area contributed by atoms with Gasteiger partial charge in [-0.05, 0) is 93.3 Å². The van der Waals surface area contributed by atoms with Crippen molar-refractivity contribution in [3.05, 3.63) is 41.5 Å². The fraction of sp³-hybridized carbons (Fsp3) is 0.567. The van der Waals surface area contributed by atoms with Gasteiger partial charge in [0.1, 0.15) is 0 Å². The van der Waals surface area contributed by atoms with E-state index in [0.717, 1.165) is 67.9 Å². The van der Waals surface area contributed by atoms with Gasteiger partial charge >= 0.3 is 0 Å². The lowest BCUT2D eigenvalue weighted by Gasteiger charge is -2.45. The summed E-state index contributed by atoms with van der Waals surface area (Å²) in [5.41, 5.74) is 3.55. The van der Waals surface area contributed by atoms with Gasteiger partial charge in [0.25, 0.3) is 0 Å². The van der Waals surface area contributed by atoms with Crippen LogP contribution >= 0.6 is 0 Å². The van der Waals surface area contributed by atoms with Crippen LogP contribution in [0, 0.1) is 11.3 Å². The number of ether oxygens (including phenoxy) is 4. The smallest absolute Gasteiger partial charge is 0.227 e. The van der Waals surface area contributed by atoms with Gasteiger partial charge in [0.2, 0.25) is 5.91 Å². The molecule has 2 aliphatic rings. The Morgan fingerprint density at radius 2 is 1.62 bits per heavy atom. The first kappa shape index (κ1) is 27.1. The largest absolute Gasteiger partial charge is 0.493 e. The van der Waals surface area contributed by atoms with Crippen LogP contribution < -0.4 is 24.3 Å². The molecule has 1 aliphatic heterocycles. The van der Waals surface area contributed by atoms with Crippen LogP contribution in [0.5, 0.6) is 23.0 Å². The van der Waals surface area contributed by atoms with Gasteiger partial charge in [-0.1, -0.05) is 12.5 Å². The zero-order chi connectivity index (χ0) is 26.4. The lowest BCUT2D eigenvalue weighted by atomic mass is 9.65. The molecule has 1 heterocycles. The Bertz CT molecular complexity index is 1080. The Kier molecular flexibility index (Phi) is 8.85. The van der Waals surface area contributed by atoms with E-state index in [1.54, 1.807) is 28.4 Å². The molecule has 7 heteroatoms. The second kappa shape index (κ2) is 12.1. The van der Waals surface area contributed by atoms with Gasteiger partial charge in [0, 0.05) is 24.2 Å². The van der Waals surface area contributed by atoms with Crippen molar-refractivity contribution >= 4 is 11.6 Å². The summed E-state index contributed by atoms with van der Waals surface area (Å²) in [5.74, 6) is 3.03. The maximum absolute atomic E-state index is 13.0. The van der Waals surface area contributed by atoms with E-state index in [2.05, 4.69) is 29.4 Å². The fourth-order valence-electron chi connectivity index (χ4n) is 5.97. The molecule has 202 valence electrons. The molecule has 0 spiro atoms. The summed E-state index contributed by atoms with van der Waals surface area (Å²) in [7, 11) is 8.83. The maximum atomic E-state index is 13.0. The lowest BCUT2D eigenvalue weighted by Crippen LogP contribution is -2.42. The normalized spacial score (nSPS) is 18.3. The number of carbonyl (C=O) groups excluding carboxylic acids is 1. The molecule has 37 heavy (non-hydrogen) atoms. The number of methoxy groups -OCH3 is 4. The van der Waals surface area contributed by atoms with Crippen LogP contribution in [0.15, 0.2) is 30.3 Å². The number of hydrogen-bond acceptors (Lipinski definition) is 6. The Morgan fingerprint density at radius 1 is 0.946 bits per heavy atom. The molecule has 1 saturated carbocycles. The molecule has 1 aliphatic carbocycles. The summed E-state index contributed by atoms with van der Waals surface area (Å²) in [6.45, 7) is 2.06. The molecule has 0 radical (unpaired) electrons. The molecule has 0 saturated heterocycles. The molecule has 1 amide bonds. The van der Waals surface area contributed by atoms with Crippen LogP contribution in [-0.4, -0.2) is 59.4 Å². The van der Waals surface area contributed by atoms with E-state index in [1.807, 2.05) is 18.2 Å². The highest BCUT2D eigenvalue weighted by Crippen LogP contribution is 2.45. The molecule has 0 aromatic heterocycles. The zero-order valence-corrected chi connectivity index (χ0v) is 23.0. The Balaban J connectivity index is 1.29. The second-order valence-corrected chi connectivity index (χ2v) is 10.7. The predicted octanol–water partition coefficient (Wildman–Crippen LogP) is 5.35. The minimum absolute atomic E-state index is 0.0159. The van der Waals surface area contributed by atoms with Crippen molar-refractivity contribution in [2.75, 3.05) is 53.9 Å². The topological polar surface area (TPSA) is 69.3 Å². The lowest BCUT2D eigenvalue weighted by molar-refractivity contribution is -0.120. The summed E-state index contributed by atoms with van der Waals surface area (Å²) in [6.07, 6.45) is 8.44. The van der Waals surface area contributed by atoms with E-state index in [4.69, 9.17) is 18.9 Å². The van der Waals surface area contributed by atoms with Crippen molar-refractivity contribution in [1.29, 1.82) is 0 Å². The number of aryl methyl sites for hydroxylation is 1. The summed E-state index contributed by atoms with van der Waals surface area (Å²) >= 11 is 0. The molecule has 4 rings (SSSR count). The number of anilines is 1. The molecule has 1 atom stereocenters. The highest BCUT2D eigenvalue weighted by atomic mass is 16.5. The number of fused-ring (bicyclic) bond motifs is 1. The Labute approximate surface area is 221 Å². The van der Waals surface area contributed by atoms with Gasteiger partial charge in [-0.15, -0.1) is 0 Å². The van der Waals surface area contributed by atoms with Crippen molar-refractivity contribution in [2.24, 2.45) is 11.3 Å². The van der Waals surface area contributed by atoms with Gasteiger partial charge < -0.3 is 29.2 Å². The molecule has 1 fully saturated rings. The van der Waals surface area contributed by atoms with Crippen molar-refractivity contribution < 1.29 is 23.7 Å². The quantitative estimate of drug-likeness (QED) is 0.415. The number of nitrogens with one attached hydrogen (secondary N) is 1. The number of carbonyl (C=O) groups is 1. The van der Waals surface area contributed by atoms with E-state index >= 15 is 0 Å². The van der Waals surface area contributed by atoms with Crippen LogP contribution in [0.4, 0.5) is 5.69 Å². The Hall–Kier alpha value is -2.93. The minimum atomic E-state index is 0.0159. The van der Waals surface area contributed by atoms with Crippen molar-refractivity contribution in [3.63, 3.8) is 0 Å². The molecule has 2 aromatic carbocycles. The van der Waals surface area contributed by atoms with Crippen LogP contribution in [0.2, 0.25) is 0 Å². The fourth-order valence-corrected chi connectivity index (χ4v) is 5.97. The molecular formula is C30H42N2O5. The number of rotatable bonds is 12. The van der Waals surface area contributed by atoms with Gasteiger partial charge in [-0.3, -0.25) is 4.79 Å². The molecule has 0 unspecified atom stereocenters. The summed E-state index contributed by atoms with van der Waals surface area (Å²) in [5, 5.41) is 3.13. The third-order valence-corrected chi connectivity index (χ3v) is 8.14. The highest BCUT2D eigenvalue weighted by Gasteiger charge is 2.38. The van der Waals surface area contributed by atoms with Gasteiger partial charge in [0.05, 0.1) is 28.4 Å². The average Bonchev–Trinajstić information content (AvgIpc) is 3.03. The van der Waals surface area contributed by atoms with Crippen molar-refractivity contribution in [2.45, 2.75) is 51.4 Å². The van der Waals surface area contributed by atoms with Crippen LogP contribution in [0.3, 0.4) is 0 Å². The Morgan fingerprint density at radius 3 is 2.27 bits per heavy atom. The van der Waals surface area contributed by atoms with E-state index < -0.39 is 0 Å². The summed E-state index contributed by atoms with van der Waals surface area (Å²) < 4.78 is 21.8. The van der Waals surface area contributed by atoms with E-state index in [-0.39, 0.29) is 11.8 Å². The highest BCUT2D eigenvalue weighted by molar-refractivity contribution is 5.94. The standard InChI is InChI=1S/C30H42N2O5/c1-32(20-30(13-7-14-30)19-21-9-12-25(34-2)26(16-21)35-3)15-6-8-22-10-11-23-17-27(36-4)28(37-5)18-24(23)31-29(22)33/h9,12,16-18,22H,6-8,10-11,13-15,19-20H2,1-5H3,(H,31,33)/t22-/m1/s1. The molecule has 1 N–H and O–H groups in total. The first-order chi connectivity index (χ1) is 17.9. The summed E-state index contributed by atoms with van der Waals surface area (Å²) in [6, 6.07) is 10.1. The maximum Gasteiger partial charge on any atom is 0.227 e. The number of nitrogens with zero attached hydrogens (tertiary/aromatic N) is 1. The molecule has 0 bridgehead atoms. The molecule has 7 nitrogen and oxygen atoms in total. The number of amides is 1. The van der Waals surface area contributed by atoms with Crippen LogP contribution in [0.25, 0.3) is 0 Å². The second-order valence-electron chi connectivity index (χ2n) is 10.7. The molecule has 2 aromatic rings. The number of benzene rings is 2. The van der Waals surface area contributed by atoms with Gasteiger partial charge in [-0.25, -0.2) is 0 Å². The SMILES string of the molecule is COc1ccc(CC2(CN(C)CCC[C@@H]3CCc4cc(OC)c(OC)cc4NC3=O)CCC2)cc1OC. The third-order valence-electron chi connectivity index (χ3n) is 8.14. The minimum Gasteiger partial charge on any atom is -0.493 e. The third kappa shape index (κ3) is 6.32. The van der Waals surface area contributed by atoms with Crippen molar-refractivity contribution in [1.82, 2.24) is 4.90 Å². The van der Waals surface area contributed by atoms with E-state index in [0.29, 0.717) is 16.9 Å². The van der Waals surface area contributed by atoms with Gasteiger partial charge in [-0.2, -0.15) is 0 Å². The van der Waals surface area contributed by atoms with Crippen LogP contribution in [-0.2, 0) is 17.6 Å². The predicted molar refractivity (Wildman–Crippen MR) is 146 cm³/mol. The van der Waals surface area contributed by atoms with E-state index in [9.17, 15) is 4.79 Å².